The molecular formula is C33H30FN3O5. The molecular weight excluding hydrogens is 537 g/mol. The lowest BCUT2D eigenvalue weighted by Gasteiger charge is -2.27. The zero-order valence-corrected chi connectivity index (χ0v) is 23.4. The average molecular weight is 568 g/mol. The molecule has 0 bridgehead atoms. The minimum Gasteiger partial charge on any atom is -0.485 e. The topological polar surface area (TPSA) is 118 Å². The second-order valence-corrected chi connectivity index (χ2v) is 10.3. The van der Waals surface area contributed by atoms with Gasteiger partial charge in [0.05, 0.1) is 11.8 Å². The van der Waals surface area contributed by atoms with Gasteiger partial charge in [0.2, 0.25) is 0 Å². The van der Waals surface area contributed by atoms with Gasteiger partial charge in [-0.05, 0) is 73.7 Å². The van der Waals surface area contributed by atoms with Crippen LogP contribution < -0.4 is 26.2 Å². The van der Waals surface area contributed by atoms with Gasteiger partial charge in [0.1, 0.15) is 23.4 Å². The average Bonchev–Trinajstić information content (AvgIpc) is 2.98. The fraction of sp³-hybridized carbons (Fsp3) is 0.212. The number of benzene rings is 3. The lowest BCUT2D eigenvalue weighted by molar-refractivity contribution is -0.138. The van der Waals surface area contributed by atoms with Crippen LogP contribution in [0.25, 0.3) is 22.0 Å². The third kappa shape index (κ3) is 5.72. The third-order valence-corrected chi connectivity index (χ3v) is 7.11. The number of fused-ring (bicyclic) bond motifs is 1. The first kappa shape index (κ1) is 28.5. The molecule has 3 N–H and O–H groups in total. The van der Waals surface area contributed by atoms with Crippen molar-refractivity contribution in [2.24, 2.45) is 0 Å². The number of halogens is 1. The Morgan fingerprint density at radius 2 is 1.67 bits per heavy atom. The lowest BCUT2D eigenvalue weighted by atomic mass is 9.88. The maximum atomic E-state index is 13.5. The van der Waals surface area contributed by atoms with Crippen molar-refractivity contribution in [1.29, 1.82) is 0 Å². The highest BCUT2D eigenvalue weighted by atomic mass is 19.1. The SMILES string of the molecule is CCC(c1ccc(Nc2nc(-c3ccc(F)cc3)cc3ccccc23)cc1)C(Nc1c(OC(C)C)c(=O)c1=O)C(=O)O. The van der Waals surface area contributed by atoms with E-state index in [1.807, 2.05) is 61.5 Å². The summed E-state index contributed by atoms with van der Waals surface area (Å²) in [5.41, 5.74) is 1.30. The van der Waals surface area contributed by atoms with Gasteiger partial charge in [-0.3, -0.25) is 9.59 Å². The summed E-state index contributed by atoms with van der Waals surface area (Å²) in [6.45, 7) is 5.30. The summed E-state index contributed by atoms with van der Waals surface area (Å²) in [6, 6.07) is 22.1. The molecule has 8 nitrogen and oxygen atoms in total. The Bertz CT molecular complexity index is 1810. The van der Waals surface area contributed by atoms with Crippen molar-refractivity contribution in [3.63, 3.8) is 0 Å². The molecule has 42 heavy (non-hydrogen) atoms. The lowest BCUT2D eigenvalue weighted by Crippen LogP contribution is -2.43. The predicted octanol–water partition coefficient (Wildman–Crippen LogP) is 6.23. The molecule has 5 rings (SSSR count). The minimum atomic E-state index is -1.16. The Morgan fingerprint density at radius 1 is 0.976 bits per heavy atom. The number of nitrogens with zero attached hydrogens (tertiary/aromatic N) is 1. The molecule has 1 aromatic heterocycles. The number of rotatable bonds is 11. The van der Waals surface area contributed by atoms with E-state index in [1.54, 1.807) is 26.0 Å². The quantitative estimate of drug-likeness (QED) is 0.161. The van der Waals surface area contributed by atoms with E-state index in [4.69, 9.17) is 9.72 Å². The minimum absolute atomic E-state index is 0.100. The zero-order chi connectivity index (χ0) is 30.0. The van der Waals surface area contributed by atoms with Crippen LogP contribution in [0.1, 0.15) is 38.7 Å². The highest BCUT2D eigenvalue weighted by Gasteiger charge is 2.33. The van der Waals surface area contributed by atoms with Crippen LogP contribution in [-0.2, 0) is 4.79 Å². The van der Waals surface area contributed by atoms with Gasteiger partial charge in [0, 0.05) is 22.6 Å². The normalized spacial score (nSPS) is 12.8. The van der Waals surface area contributed by atoms with Crippen molar-refractivity contribution in [3.05, 3.63) is 111 Å². The van der Waals surface area contributed by atoms with Crippen molar-refractivity contribution >= 4 is 33.9 Å². The summed E-state index contributed by atoms with van der Waals surface area (Å²) < 4.78 is 19.0. The molecule has 0 saturated heterocycles. The van der Waals surface area contributed by atoms with Crippen LogP contribution in [0.4, 0.5) is 21.6 Å². The van der Waals surface area contributed by atoms with Gasteiger partial charge < -0.3 is 20.5 Å². The molecule has 2 atom stereocenters. The number of nitrogens with one attached hydrogen (secondary N) is 2. The van der Waals surface area contributed by atoms with Crippen LogP contribution in [0.5, 0.6) is 5.75 Å². The molecule has 0 fully saturated rings. The van der Waals surface area contributed by atoms with E-state index in [1.165, 1.54) is 12.1 Å². The summed E-state index contributed by atoms with van der Waals surface area (Å²) >= 11 is 0. The smallest absolute Gasteiger partial charge is 0.326 e. The Morgan fingerprint density at radius 3 is 2.31 bits per heavy atom. The van der Waals surface area contributed by atoms with Crippen LogP contribution in [-0.4, -0.2) is 28.2 Å². The van der Waals surface area contributed by atoms with E-state index >= 15 is 0 Å². The van der Waals surface area contributed by atoms with E-state index in [2.05, 4.69) is 10.6 Å². The molecule has 9 heteroatoms. The first-order valence-electron chi connectivity index (χ1n) is 13.7. The third-order valence-electron chi connectivity index (χ3n) is 7.11. The van der Waals surface area contributed by atoms with Crippen molar-refractivity contribution in [3.8, 4) is 17.0 Å². The second-order valence-electron chi connectivity index (χ2n) is 10.3. The van der Waals surface area contributed by atoms with Gasteiger partial charge in [0.15, 0.2) is 5.75 Å². The number of anilines is 3. The molecule has 0 aliphatic rings. The summed E-state index contributed by atoms with van der Waals surface area (Å²) in [5, 5.41) is 18.1. The summed E-state index contributed by atoms with van der Waals surface area (Å²) in [7, 11) is 0. The number of carbonyl (C=O) groups is 1. The van der Waals surface area contributed by atoms with Crippen LogP contribution in [0.2, 0.25) is 0 Å². The Hall–Kier alpha value is -5.05. The maximum absolute atomic E-state index is 13.5. The first-order chi connectivity index (χ1) is 20.2. The van der Waals surface area contributed by atoms with Crippen molar-refractivity contribution in [2.75, 3.05) is 10.6 Å². The first-order valence-corrected chi connectivity index (χ1v) is 13.7. The van der Waals surface area contributed by atoms with E-state index in [0.717, 1.165) is 27.6 Å². The summed E-state index contributed by atoms with van der Waals surface area (Å²) in [5.74, 6) is -1.49. The Labute approximate surface area is 241 Å². The van der Waals surface area contributed by atoms with Crippen molar-refractivity contribution in [2.45, 2.75) is 45.3 Å². The van der Waals surface area contributed by atoms with Gasteiger partial charge in [-0.1, -0.05) is 43.3 Å². The summed E-state index contributed by atoms with van der Waals surface area (Å²) in [4.78, 5) is 41.3. The largest absolute Gasteiger partial charge is 0.485 e. The fourth-order valence-corrected chi connectivity index (χ4v) is 5.02. The monoisotopic (exact) mass is 567 g/mol. The van der Waals surface area contributed by atoms with Crippen molar-refractivity contribution in [1.82, 2.24) is 4.98 Å². The molecule has 4 aromatic carbocycles. The number of hydrogen-bond donors (Lipinski definition) is 3. The van der Waals surface area contributed by atoms with E-state index in [0.29, 0.717) is 17.9 Å². The molecule has 0 aliphatic heterocycles. The Kier molecular flexibility index (Phi) is 8.01. The molecule has 214 valence electrons. The van der Waals surface area contributed by atoms with Crippen LogP contribution in [0.3, 0.4) is 0 Å². The fourth-order valence-electron chi connectivity index (χ4n) is 5.02. The second kappa shape index (κ2) is 11.8. The van der Waals surface area contributed by atoms with E-state index in [9.17, 15) is 23.9 Å². The predicted molar refractivity (Wildman–Crippen MR) is 162 cm³/mol. The van der Waals surface area contributed by atoms with E-state index in [-0.39, 0.29) is 23.4 Å². The summed E-state index contributed by atoms with van der Waals surface area (Å²) in [6.07, 6.45) is 0.112. The van der Waals surface area contributed by atoms with Gasteiger partial charge in [-0.25, -0.2) is 14.2 Å². The number of pyridine rings is 1. The highest BCUT2D eigenvalue weighted by Crippen LogP contribution is 2.32. The molecule has 1 heterocycles. The maximum Gasteiger partial charge on any atom is 0.326 e. The van der Waals surface area contributed by atoms with Gasteiger partial charge in [-0.2, -0.15) is 0 Å². The number of aliphatic carboxylic acids is 1. The highest BCUT2D eigenvalue weighted by molar-refractivity contribution is 5.95. The molecule has 0 saturated carbocycles. The van der Waals surface area contributed by atoms with Gasteiger partial charge in [0.25, 0.3) is 10.9 Å². The zero-order valence-electron chi connectivity index (χ0n) is 23.4. The number of hydrogen-bond acceptors (Lipinski definition) is 7. The standard InChI is InChI=1S/C33H30FN3O5/c1-4-24(27(33(40)41)37-28-29(38)30(39)31(28)42-18(2)3)19-11-15-23(16-12-19)35-32-25-8-6-5-7-21(25)17-26(36-32)20-9-13-22(34)14-10-20/h5-18,24,27,37H,4H2,1-3H3,(H,35,36)(H,40,41). The molecule has 0 aliphatic carbocycles. The molecule has 0 amide bonds. The van der Waals surface area contributed by atoms with Crippen LogP contribution in [0.15, 0.2) is 88.5 Å². The molecule has 5 aromatic rings. The molecule has 2 unspecified atom stereocenters. The van der Waals surface area contributed by atoms with Crippen LogP contribution >= 0.6 is 0 Å². The van der Waals surface area contributed by atoms with Crippen LogP contribution in [0, 0.1) is 5.82 Å². The number of ether oxygens (including phenoxy) is 1. The van der Waals surface area contributed by atoms with Gasteiger partial charge in [-0.15, -0.1) is 0 Å². The molecule has 0 spiro atoms. The number of carboxylic acid groups (broad SMARTS) is 1. The van der Waals surface area contributed by atoms with E-state index < -0.39 is 28.8 Å². The number of aromatic nitrogens is 1. The van der Waals surface area contributed by atoms with Gasteiger partial charge >= 0.3 is 5.97 Å². The Balaban J connectivity index is 1.42. The van der Waals surface area contributed by atoms with Crippen molar-refractivity contribution < 1.29 is 19.0 Å². The molecule has 0 radical (unpaired) electrons. The number of carboxylic acids is 1.